The Labute approximate surface area is 172 Å². The van der Waals surface area contributed by atoms with Gasteiger partial charge in [-0.1, -0.05) is 35.5 Å². The van der Waals surface area contributed by atoms with E-state index in [2.05, 4.69) is 33.1 Å². The number of nitrogens with zero attached hydrogens (tertiary/aromatic N) is 3. The Balaban J connectivity index is 0.00000280. The zero-order valence-electron chi connectivity index (χ0n) is 16.4. The van der Waals surface area contributed by atoms with Gasteiger partial charge in [-0.25, -0.2) is 4.68 Å². The lowest BCUT2D eigenvalue weighted by atomic mass is 10.1. The summed E-state index contributed by atoms with van der Waals surface area (Å²) < 4.78 is 7.57. The average Bonchev–Trinajstić information content (AvgIpc) is 3.10. The third-order valence-corrected chi connectivity index (χ3v) is 4.91. The van der Waals surface area contributed by atoms with Crippen LogP contribution in [0.25, 0.3) is 0 Å². The number of rotatable bonds is 9. The fourth-order valence-corrected chi connectivity index (χ4v) is 3.33. The molecule has 0 radical (unpaired) electrons. The summed E-state index contributed by atoms with van der Waals surface area (Å²) in [5.74, 6) is -0.141. The van der Waals surface area contributed by atoms with E-state index in [1.807, 2.05) is 29.8 Å². The molecule has 0 bridgehead atoms. The first-order valence-electron chi connectivity index (χ1n) is 9.78. The number of benzene rings is 1. The standard InChI is InChI=1S/C20H29N5O2.ClH/c1-16-19(23-24-25(16)18-9-12-21-13-10-18)20(26)22-11-5-6-14-27-15-17-7-3-2-4-8-17;/h2-4,7-8,18,21H,5-6,9-15H2,1H3,(H,22,26);1H. The number of hydrogen-bond donors (Lipinski definition) is 2. The van der Waals surface area contributed by atoms with Crippen LogP contribution in [0.5, 0.6) is 0 Å². The van der Waals surface area contributed by atoms with Crippen molar-refractivity contribution in [2.45, 2.75) is 45.3 Å². The molecule has 2 N–H and O–H groups in total. The van der Waals surface area contributed by atoms with Crippen LogP contribution >= 0.6 is 12.4 Å². The van der Waals surface area contributed by atoms with Crippen LogP contribution < -0.4 is 10.6 Å². The molecule has 1 saturated heterocycles. The van der Waals surface area contributed by atoms with Crippen LogP contribution in [-0.4, -0.2) is 47.1 Å². The van der Waals surface area contributed by atoms with Gasteiger partial charge in [0.2, 0.25) is 0 Å². The summed E-state index contributed by atoms with van der Waals surface area (Å²) in [6.07, 6.45) is 3.83. The molecule has 1 aliphatic heterocycles. The molecule has 28 heavy (non-hydrogen) atoms. The summed E-state index contributed by atoms with van der Waals surface area (Å²) >= 11 is 0. The lowest BCUT2D eigenvalue weighted by Crippen LogP contribution is -2.30. The Kier molecular flexibility index (Phi) is 9.40. The smallest absolute Gasteiger partial charge is 0.273 e. The maximum Gasteiger partial charge on any atom is 0.273 e. The SMILES string of the molecule is Cc1c(C(=O)NCCCCOCc2ccccc2)nnn1C1CCNCC1.Cl. The maximum atomic E-state index is 12.4. The predicted octanol–water partition coefficient (Wildman–Crippen LogP) is 2.66. The van der Waals surface area contributed by atoms with Gasteiger partial charge in [0.1, 0.15) is 0 Å². The van der Waals surface area contributed by atoms with E-state index in [-0.39, 0.29) is 18.3 Å². The summed E-state index contributed by atoms with van der Waals surface area (Å²) in [6, 6.07) is 10.5. The van der Waals surface area contributed by atoms with Crippen molar-refractivity contribution in [3.8, 4) is 0 Å². The molecule has 1 fully saturated rings. The predicted molar refractivity (Wildman–Crippen MR) is 111 cm³/mol. The van der Waals surface area contributed by atoms with Crippen molar-refractivity contribution in [3.63, 3.8) is 0 Å². The van der Waals surface area contributed by atoms with Gasteiger partial charge in [0.05, 0.1) is 18.3 Å². The third kappa shape index (κ3) is 6.29. The number of carbonyl (C=O) groups excluding carboxylic acids is 1. The first-order valence-corrected chi connectivity index (χ1v) is 9.78. The molecule has 8 heteroatoms. The van der Waals surface area contributed by atoms with Crippen LogP contribution in [0.3, 0.4) is 0 Å². The molecule has 1 aromatic carbocycles. The number of piperidine rings is 1. The summed E-state index contributed by atoms with van der Waals surface area (Å²) in [5, 5.41) is 14.6. The van der Waals surface area contributed by atoms with Gasteiger partial charge in [0, 0.05) is 13.2 Å². The van der Waals surface area contributed by atoms with E-state index in [0.717, 1.165) is 44.5 Å². The molecule has 0 saturated carbocycles. The zero-order chi connectivity index (χ0) is 18.9. The van der Waals surface area contributed by atoms with Crippen molar-refractivity contribution in [1.29, 1.82) is 0 Å². The fraction of sp³-hybridized carbons (Fsp3) is 0.550. The molecule has 0 spiro atoms. The van der Waals surface area contributed by atoms with Crippen LogP contribution in [0.2, 0.25) is 0 Å². The lowest BCUT2D eigenvalue weighted by molar-refractivity contribution is 0.0940. The number of ether oxygens (including phenoxy) is 1. The van der Waals surface area contributed by atoms with E-state index in [9.17, 15) is 4.79 Å². The summed E-state index contributed by atoms with van der Waals surface area (Å²) in [7, 11) is 0. The van der Waals surface area contributed by atoms with Crippen LogP contribution in [0.15, 0.2) is 30.3 Å². The number of hydrogen-bond acceptors (Lipinski definition) is 5. The van der Waals surface area contributed by atoms with Crippen molar-refractivity contribution in [2.75, 3.05) is 26.2 Å². The molecule has 2 aromatic rings. The molecule has 1 aliphatic rings. The molecule has 1 aromatic heterocycles. The normalized spacial score (nSPS) is 14.5. The van der Waals surface area contributed by atoms with E-state index >= 15 is 0 Å². The number of aromatic nitrogens is 3. The Morgan fingerprint density at radius 3 is 2.75 bits per heavy atom. The van der Waals surface area contributed by atoms with Gasteiger partial charge in [0.15, 0.2) is 5.69 Å². The molecule has 0 unspecified atom stereocenters. The zero-order valence-corrected chi connectivity index (χ0v) is 17.2. The van der Waals surface area contributed by atoms with Crippen LogP contribution in [0.1, 0.15) is 53.5 Å². The molecule has 2 heterocycles. The highest BCUT2D eigenvalue weighted by Gasteiger charge is 2.22. The molecule has 7 nitrogen and oxygen atoms in total. The second-order valence-electron chi connectivity index (χ2n) is 6.95. The van der Waals surface area contributed by atoms with E-state index in [1.165, 1.54) is 5.56 Å². The molecule has 0 aliphatic carbocycles. The minimum atomic E-state index is -0.141. The Morgan fingerprint density at radius 2 is 2.00 bits per heavy atom. The highest BCUT2D eigenvalue weighted by atomic mass is 35.5. The van der Waals surface area contributed by atoms with Gasteiger partial charge in [-0.15, -0.1) is 17.5 Å². The summed E-state index contributed by atoms with van der Waals surface area (Å²) in [5.41, 5.74) is 2.47. The first-order chi connectivity index (χ1) is 13.3. The third-order valence-electron chi connectivity index (χ3n) is 4.91. The topological polar surface area (TPSA) is 81.1 Å². The number of halogens is 1. The van der Waals surface area contributed by atoms with Crippen molar-refractivity contribution in [2.24, 2.45) is 0 Å². The van der Waals surface area contributed by atoms with Crippen LogP contribution in [0.4, 0.5) is 0 Å². The minimum absolute atomic E-state index is 0. The Bertz CT molecular complexity index is 717. The number of unbranched alkanes of at least 4 members (excludes halogenated alkanes) is 1. The first kappa shape index (κ1) is 22.3. The second-order valence-corrected chi connectivity index (χ2v) is 6.95. The highest BCUT2D eigenvalue weighted by molar-refractivity contribution is 5.93. The number of nitrogens with one attached hydrogen (secondary N) is 2. The van der Waals surface area contributed by atoms with Crippen molar-refractivity contribution >= 4 is 18.3 Å². The summed E-state index contributed by atoms with van der Waals surface area (Å²) in [4.78, 5) is 12.4. The van der Waals surface area contributed by atoms with Crippen molar-refractivity contribution in [1.82, 2.24) is 25.6 Å². The number of amides is 1. The monoisotopic (exact) mass is 407 g/mol. The molecular formula is C20H30ClN5O2. The fourth-order valence-electron chi connectivity index (χ4n) is 3.33. The van der Waals surface area contributed by atoms with Gasteiger partial charge in [0.25, 0.3) is 5.91 Å². The lowest BCUT2D eigenvalue weighted by Gasteiger charge is -2.23. The van der Waals surface area contributed by atoms with E-state index in [1.54, 1.807) is 0 Å². The van der Waals surface area contributed by atoms with Gasteiger partial charge in [-0.2, -0.15) is 0 Å². The van der Waals surface area contributed by atoms with Gasteiger partial charge in [-0.05, 0) is 51.3 Å². The Morgan fingerprint density at radius 1 is 1.25 bits per heavy atom. The molecule has 154 valence electrons. The molecule has 0 atom stereocenters. The quantitative estimate of drug-likeness (QED) is 0.624. The largest absolute Gasteiger partial charge is 0.377 e. The number of carbonyl (C=O) groups is 1. The van der Waals surface area contributed by atoms with Crippen molar-refractivity contribution < 1.29 is 9.53 Å². The maximum absolute atomic E-state index is 12.4. The molecule has 1 amide bonds. The highest BCUT2D eigenvalue weighted by Crippen LogP contribution is 2.20. The summed E-state index contributed by atoms with van der Waals surface area (Å²) in [6.45, 7) is 5.83. The molecule has 3 rings (SSSR count). The van der Waals surface area contributed by atoms with Gasteiger partial charge < -0.3 is 15.4 Å². The minimum Gasteiger partial charge on any atom is -0.377 e. The van der Waals surface area contributed by atoms with E-state index in [4.69, 9.17) is 4.74 Å². The Hall–Kier alpha value is -1.96. The van der Waals surface area contributed by atoms with Crippen LogP contribution in [-0.2, 0) is 11.3 Å². The van der Waals surface area contributed by atoms with E-state index in [0.29, 0.717) is 31.5 Å². The molecular weight excluding hydrogens is 378 g/mol. The average molecular weight is 408 g/mol. The van der Waals surface area contributed by atoms with Crippen molar-refractivity contribution in [3.05, 3.63) is 47.3 Å². The second kappa shape index (κ2) is 11.8. The van der Waals surface area contributed by atoms with Gasteiger partial charge in [-0.3, -0.25) is 4.79 Å². The van der Waals surface area contributed by atoms with E-state index < -0.39 is 0 Å². The van der Waals surface area contributed by atoms with Gasteiger partial charge >= 0.3 is 0 Å². The van der Waals surface area contributed by atoms with Crippen LogP contribution in [0, 0.1) is 6.92 Å².